The molecule has 2 nitrogen and oxygen atoms in total. The van der Waals surface area contributed by atoms with Gasteiger partial charge in [0.15, 0.2) is 0 Å². The molecule has 0 atom stereocenters. The number of halogens is 1. The van der Waals surface area contributed by atoms with E-state index in [0.717, 1.165) is 0 Å². The van der Waals surface area contributed by atoms with Crippen molar-refractivity contribution in [1.82, 2.24) is 0 Å². The number of benzene rings is 1. The molecular weight excluding hydrogens is 264 g/mol. The van der Waals surface area contributed by atoms with Crippen molar-refractivity contribution in [2.45, 2.75) is 13.5 Å². The Morgan fingerprint density at radius 1 is 1.12 bits per heavy atom. The SMILES string of the molecule is CC[NH+]1CC[NH+](Cc2cccc(Br)c2)CC1. The minimum atomic E-state index is 1.18. The lowest BCUT2D eigenvalue weighted by Gasteiger charge is -2.29. The van der Waals surface area contributed by atoms with Crippen LogP contribution in [-0.2, 0) is 6.54 Å². The Balaban J connectivity index is 1.87. The zero-order valence-corrected chi connectivity index (χ0v) is 11.5. The first kappa shape index (κ1) is 12.1. The molecule has 0 unspecified atom stereocenters. The topological polar surface area (TPSA) is 8.88 Å². The number of nitrogens with one attached hydrogen (secondary N) is 2. The largest absolute Gasteiger partial charge is 0.326 e. The van der Waals surface area contributed by atoms with Gasteiger partial charge < -0.3 is 9.80 Å². The van der Waals surface area contributed by atoms with Crippen LogP contribution < -0.4 is 9.80 Å². The Hall–Kier alpha value is -0.380. The first-order valence-corrected chi connectivity index (χ1v) is 6.99. The number of likely N-dealkylation sites (N-methyl/N-ethyl adjacent to an activating group) is 1. The summed E-state index contributed by atoms with van der Waals surface area (Å²) in [6.45, 7) is 10.0. The Morgan fingerprint density at radius 3 is 2.44 bits per heavy atom. The van der Waals surface area contributed by atoms with Gasteiger partial charge in [0.1, 0.15) is 32.7 Å². The molecule has 0 radical (unpaired) electrons. The van der Waals surface area contributed by atoms with Crippen LogP contribution in [0.15, 0.2) is 28.7 Å². The van der Waals surface area contributed by atoms with Gasteiger partial charge in [-0.05, 0) is 19.1 Å². The maximum Gasteiger partial charge on any atom is 0.127 e. The van der Waals surface area contributed by atoms with E-state index in [-0.39, 0.29) is 0 Å². The molecule has 16 heavy (non-hydrogen) atoms. The third-order valence-electron chi connectivity index (χ3n) is 3.51. The molecule has 0 bridgehead atoms. The van der Waals surface area contributed by atoms with Crippen molar-refractivity contribution >= 4 is 15.9 Å². The number of hydrogen-bond donors (Lipinski definition) is 2. The Morgan fingerprint density at radius 2 is 1.81 bits per heavy atom. The van der Waals surface area contributed by atoms with Gasteiger partial charge in [-0.1, -0.05) is 28.1 Å². The molecule has 1 aliphatic rings. The molecule has 0 saturated carbocycles. The molecule has 2 rings (SSSR count). The predicted molar refractivity (Wildman–Crippen MR) is 69.8 cm³/mol. The van der Waals surface area contributed by atoms with Gasteiger partial charge in [-0.3, -0.25) is 0 Å². The zero-order chi connectivity index (χ0) is 11.4. The lowest BCUT2D eigenvalue weighted by atomic mass is 10.2. The fourth-order valence-electron chi connectivity index (χ4n) is 2.42. The molecule has 0 aromatic heterocycles. The second kappa shape index (κ2) is 5.80. The summed E-state index contributed by atoms with van der Waals surface area (Å²) in [4.78, 5) is 3.49. The lowest BCUT2D eigenvalue weighted by Crippen LogP contribution is -3.27. The molecule has 0 aliphatic carbocycles. The van der Waals surface area contributed by atoms with Crippen molar-refractivity contribution in [2.24, 2.45) is 0 Å². The normalized spacial score (nSPS) is 25.6. The van der Waals surface area contributed by atoms with E-state index in [1.165, 1.54) is 49.3 Å². The number of hydrogen-bond acceptors (Lipinski definition) is 0. The number of quaternary nitrogens is 2. The van der Waals surface area contributed by atoms with Gasteiger partial charge in [0.2, 0.25) is 0 Å². The summed E-state index contributed by atoms with van der Waals surface area (Å²) in [5.41, 5.74) is 1.45. The molecule has 1 aromatic carbocycles. The third-order valence-corrected chi connectivity index (χ3v) is 4.00. The molecule has 0 amide bonds. The summed E-state index contributed by atoms with van der Waals surface area (Å²) in [6.07, 6.45) is 0. The fraction of sp³-hybridized carbons (Fsp3) is 0.538. The highest BCUT2D eigenvalue weighted by molar-refractivity contribution is 9.10. The van der Waals surface area contributed by atoms with Crippen LogP contribution in [0, 0.1) is 0 Å². The van der Waals surface area contributed by atoms with Crippen molar-refractivity contribution in [3.63, 3.8) is 0 Å². The van der Waals surface area contributed by atoms with Gasteiger partial charge in [-0.15, -0.1) is 0 Å². The molecule has 88 valence electrons. The van der Waals surface area contributed by atoms with Crippen LogP contribution >= 0.6 is 15.9 Å². The summed E-state index contributed by atoms with van der Waals surface area (Å²) >= 11 is 3.53. The molecule has 2 N–H and O–H groups in total. The van der Waals surface area contributed by atoms with Crippen molar-refractivity contribution in [3.8, 4) is 0 Å². The average molecular weight is 285 g/mol. The first-order chi connectivity index (χ1) is 7.78. The molecule has 1 fully saturated rings. The zero-order valence-electron chi connectivity index (χ0n) is 9.93. The van der Waals surface area contributed by atoms with E-state index in [2.05, 4.69) is 47.1 Å². The highest BCUT2D eigenvalue weighted by Gasteiger charge is 2.21. The van der Waals surface area contributed by atoms with E-state index in [4.69, 9.17) is 0 Å². The minimum absolute atomic E-state index is 1.18. The van der Waals surface area contributed by atoms with Gasteiger partial charge in [0.25, 0.3) is 0 Å². The van der Waals surface area contributed by atoms with Gasteiger partial charge in [-0.2, -0.15) is 0 Å². The second-order valence-electron chi connectivity index (χ2n) is 4.66. The van der Waals surface area contributed by atoms with Crippen LogP contribution in [0.4, 0.5) is 0 Å². The maximum atomic E-state index is 3.53. The molecule has 1 aliphatic heterocycles. The molecule has 1 heterocycles. The van der Waals surface area contributed by atoms with Gasteiger partial charge in [0, 0.05) is 10.0 Å². The molecule has 1 saturated heterocycles. The van der Waals surface area contributed by atoms with Crippen molar-refractivity contribution in [3.05, 3.63) is 34.3 Å². The van der Waals surface area contributed by atoms with Crippen LogP contribution in [0.3, 0.4) is 0 Å². The third kappa shape index (κ3) is 3.30. The van der Waals surface area contributed by atoms with Crippen LogP contribution in [0.2, 0.25) is 0 Å². The van der Waals surface area contributed by atoms with E-state index < -0.39 is 0 Å². The standard InChI is InChI=1S/C13H19BrN2/c1-2-15-6-8-16(9-7-15)11-12-4-3-5-13(14)10-12/h3-5,10H,2,6-9,11H2,1H3/p+2. The highest BCUT2D eigenvalue weighted by atomic mass is 79.9. The fourth-order valence-corrected chi connectivity index (χ4v) is 2.87. The van der Waals surface area contributed by atoms with Gasteiger partial charge >= 0.3 is 0 Å². The van der Waals surface area contributed by atoms with Crippen LogP contribution in [-0.4, -0.2) is 32.7 Å². The summed E-state index contributed by atoms with van der Waals surface area (Å²) in [7, 11) is 0. The van der Waals surface area contributed by atoms with Gasteiger partial charge in [0.05, 0.1) is 6.54 Å². The summed E-state index contributed by atoms with van der Waals surface area (Å²) in [5, 5.41) is 0. The summed E-state index contributed by atoms with van der Waals surface area (Å²) in [5.74, 6) is 0. The smallest absolute Gasteiger partial charge is 0.127 e. The van der Waals surface area contributed by atoms with Crippen LogP contribution in [0.25, 0.3) is 0 Å². The molecule has 1 aromatic rings. The Labute approximate surface area is 106 Å². The number of piperazine rings is 1. The summed E-state index contributed by atoms with van der Waals surface area (Å²) in [6, 6.07) is 8.70. The highest BCUT2D eigenvalue weighted by Crippen LogP contribution is 2.10. The van der Waals surface area contributed by atoms with Crippen LogP contribution in [0.5, 0.6) is 0 Å². The van der Waals surface area contributed by atoms with E-state index >= 15 is 0 Å². The maximum absolute atomic E-state index is 3.53. The minimum Gasteiger partial charge on any atom is -0.326 e. The van der Waals surface area contributed by atoms with E-state index in [9.17, 15) is 0 Å². The van der Waals surface area contributed by atoms with Gasteiger partial charge in [-0.25, -0.2) is 0 Å². The van der Waals surface area contributed by atoms with Crippen molar-refractivity contribution in [2.75, 3.05) is 32.7 Å². The Bertz CT molecular complexity index is 332. The second-order valence-corrected chi connectivity index (χ2v) is 5.58. The monoisotopic (exact) mass is 284 g/mol. The lowest BCUT2D eigenvalue weighted by molar-refractivity contribution is -1.02. The van der Waals surface area contributed by atoms with Crippen LogP contribution in [0.1, 0.15) is 12.5 Å². The number of rotatable bonds is 3. The molecule has 0 spiro atoms. The molecular formula is C13H21BrN2+2. The van der Waals surface area contributed by atoms with E-state index in [0.29, 0.717) is 0 Å². The molecule has 3 heteroatoms. The predicted octanol–water partition coefficient (Wildman–Crippen LogP) is -0.248. The first-order valence-electron chi connectivity index (χ1n) is 6.19. The van der Waals surface area contributed by atoms with E-state index in [1.807, 2.05) is 0 Å². The van der Waals surface area contributed by atoms with Crippen molar-refractivity contribution in [1.29, 1.82) is 0 Å². The Kier molecular flexibility index (Phi) is 4.38. The summed E-state index contributed by atoms with van der Waals surface area (Å²) < 4.78 is 1.20. The van der Waals surface area contributed by atoms with E-state index in [1.54, 1.807) is 9.80 Å². The van der Waals surface area contributed by atoms with Crippen molar-refractivity contribution < 1.29 is 9.80 Å². The average Bonchev–Trinajstić information content (AvgIpc) is 2.30. The quantitative estimate of drug-likeness (QED) is 0.758.